The predicted octanol–water partition coefficient (Wildman–Crippen LogP) is 3.57. The summed E-state index contributed by atoms with van der Waals surface area (Å²) in [6.07, 6.45) is 0.958. The first-order chi connectivity index (χ1) is 12.2. The summed E-state index contributed by atoms with van der Waals surface area (Å²) in [7, 11) is 0. The number of esters is 1. The Morgan fingerprint density at radius 3 is 2.42 bits per heavy atom. The van der Waals surface area contributed by atoms with Crippen molar-refractivity contribution in [3.63, 3.8) is 0 Å². The van der Waals surface area contributed by atoms with Crippen LogP contribution < -0.4 is 0 Å². The van der Waals surface area contributed by atoms with Crippen LogP contribution in [0.1, 0.15) is 44.0 Å². The monoisotopic (exact) mass is 423 g/mol. The molecule has 0 bridgehead atoms. The maximum Gasteiger partial charge on any atom is 0.411 e. The number of rotatable bonds is 4. The maximum absolute atomic E-state index is 12.5. The van der Waals surface area contributed by atoms with Gasteiger partial charge in [-0.15, -0.1) is 0 Å². The van der Waals surface area contributed by atoms with E-state index in [-0.39, 0.29) is 18.4 Å². The number of amides is 1. The predicted molar refractivity (Wildman–Crippen MR) is 97.8 cm³/mol. The van der Waals surface area contributed by atoms with E-state index in [1.54, 1.807) is 45.0 Å². The van der Waals surface area contributed by atoms with Crippen molar-refractivity contribution in [2.75, 3.05) is 6.61 Å². The number of carbonyl (C=O) groups excluding carboxylic acids is 3. The number of piperidine rings is 1. The van der Waals surface area contributed by atoms with Crippen LogP contribution in [-0.2, 0) is 14.3 Å². The highest BCUT2D eigenvalue weighted by Crippen LogP contribution is 2.48. The molecule has 2 aliphatic rings. The molecular formula is C19H22BrNO5. The van der Waals surface area contributed by atoms with Crippen molar-refractivity contribution in [3.8, 4) is 0 Å². The SMILES string of the molecule is CC(C)(C)OC(=O)N1C2C[C@@H]2C[C@H]1C(=O)OCC(=O)c1ccc(Br)cc1. The molecule has 1 aliphatic heterocycles. The first-order valence-electron chi connectivity index (χ1n) is 8.62. The Bertz CT molecular complexity index is 724. The van der Waals surface area contributed by atoms with Gasteiger partial charge >= 0.3 is 12.1 Å². The summed E-state index contributed by atoms with van der Waals surface area (Å²) in [6.45, 7) is 5.02. The van der Waals surface area contributed by atoms with Gasteiger partial charge in [0.25, 0.3) is 0 Å². The van der Waals surface area contributed by atoms with E-state index in [1.807, 2.05) is 0 Å². The molecule has 0 radical (unpaired) electrons. The number of fused-ring (bicyclic) bond motifs is 1. The standard InChI is InChI=1S/C19H22BrNO5/c1-19(2,3)26-18(24)21-14-8-12(14)9-15(21)17(23)25-10-16(22)11-4-6-13(20)7-5-11/h4-7,12,14-15H,8-10H2,1-3H3/t12-,14?,15+/m1/s1. The molecule has 140 valence electrons. The molecule has 1 aliphatic carbocycles. The molecule has 7 heteroatoms. The fourth-order valence-electron chi connectivity index (χ4n) is 3.20. The number of ether oxygens (including phenoxy) is 2. The van der Waals surface area contributed by atoms with Gasteiger partial charge < -0.3 is 9.47 Å². The zero-order valence-corrected chi connectivity index (χ0v) is 16.6. The molecule has 2 fully saturated rings. The molecule has 6 nitrogen and oxygen atoms in total. The summed E-state index contributed by atoms with van der Waals surface area (Å²) in [4.78, 5) is 38.5. The highest BCUT2D eigenvalue weighted by molar-refractivity contribution is 9.10. The van der Waals surface area contributed by atoms with Crippen LogP contribution in [0.15, 0.2) is 28.7 Å². The van der Waals surface area contributed by atoms with E-state index in [4.69, 9.17) is 9.47 Å². The lowest BCUT2D eigenvalue weighted by atomic mass is 10.1. The largest absolute Gasteiger partial charge is 0.456 e. The van der Waals surface area contributed by atoms with Gasteiger partial charge in [0.15, 0.2) is 12.4 Å². The number of Topliss-reactive ketones (excluding diaryl/α,β-unsaturated/α-hetero) is 1. The number of carbonyl (C=O) groups is 3. The van der Waals surface area contributed by atoms with E-state index in [1.165, 1.54) is 4.90 Å². The van der Waals surface area contributed by atoms with Gasteiger partial charge in [0, 0.05) is 16.1 Å². The van der Waals surface area contributed by atoms with Crippen LogP contribution in [-0.4, -0.2) is 47.0 Å². The van der Waals surface area contributed by atoms with Crippen molar-refractivity contribution in [1.29, 1.82) is 0 Å². The molecule has 26 heavy (non-hydrogen) atoms. The van der Waals surface area contributed by atoms with E-state index in [0.29, 0.717) is 17.9 Å². The molecule has 1 heterocycles. The fraction of sp³-hybridized carbons (Fsp3) is 0.526. The van der Waals surface area contributed by atoms with Gasteiger partial charge in [-0.2, -0.15) is 0 Å². The summed E-state index contributed by atoms with van der Waals surface area (Å²) in [5.41, 5.74) is -0.157. The Morgan fingerprint density at radius 2 is 1.81 bits per heavy atom. The Kier molecular flexibility index (Phi) is 5.10. The third-order valence-electron chi connectivity index (χ3n) is 4.49. The minimum Gasteiger partial charge on any atom is -0.456 e. The smallest absolute Gasteiger partial charge is 0.411 e. The molecule has 1 aromatic carbocycles. The Hall–Kier alpha value is -1.89. The van der Waals surface area contributed by atoms with Crippen molar-refractivity contribution in [3.05, 3.63) is 34.3 Å². The molecule has 1 unspecified atom stereocenters. The van der Waals surface area contributed by atoms with E-state index in [0.717, 1.165) is 10.9 Å². The van der Waals surface area contributed by atoms with Crippen LogP contribution in [0.4, 0.5) is 4.79 Å². The van der Waals surface area contributed by atoms with Crippen LogP contribution in [0.5, 0.6) is 0 Å². The fourth-order valence-corrected chi connectivity index (χ4v) is 3.46. The number of hydrogen-bond acceptors (Lipinski definition) is 5. The minimum absolute atomic E-state index is 0.0459. The first-order valence-corrected chi connectivity index (χ1v) is 9.42. The first kappa shape index (κ1) is 18.9. The molecule has 1 amide bonds. The van der Waals surface area contributed by atoms with Crippen molar-refractivity contribution >= 4 is 33.8 Å². The normalized spacial score (nSPS) is 24.0. The van der Waals surface area contributed by atoms with Gasteiger partial charge in [-0.25, -0.2) is 9.59 Å². The van der Waals surface area contributed by atoms with Crippen molar-refractivity contribution < 1.29 is 23.9 Å². The van der Waals surface area contributed by atoms with E-state index >= 15 is 0 Å². The third kappa shape index (κ3) is 4.26. The number of ketones is 1. The number of likely N-dealkylation sites (tertiary alicyclic amines) is 1. The number of nitrogens with zero attached hydrogens (tertiary/aromatic N) is 1. The highest BCUT2D eigenvalue weighted by atomic mass is 79.9. The van der Waals surface area contributed by atoms with Gasteiger partial charge in [0.2, 0.25) is 0 Å². The number of benzene rings is 1. The summed E-state index contributed by atoms with van der Waals surface area (Å²) >= 11 is 3.31. The lowest BCUT2D eigenvalue weighted by Crippen LogP contribution is -2.46. The lowest BCUT2D eigenvalue weighted by Gasteiger charge is -2.29. The molecular weight excluding hydrogens is 402 g/mol. The lowest BCUT2D eigenvalue weighted by molar-refractivity contribution is -0.148. The summed E-state index contributed by atoms with van der Waals surface area (Å²) < 4.78 is 11.5. The molecule has 1 saturated heterocycles. The summed E-state index contributed by atoms with van der Waals surface area (Å²) in [5.74, 6) is -0.506. The van der Waals surface area contributed by atoms with Gasteiger partial charge in [0.05, 0.1) is 0 Å². The van der Waals surface area contributed by atoms with Crippen LogP contribution in [0.3, 0.4) is 0 Å². The average Bonchev–Trinajstić information content (AvgIpc) is 3.20. The summed E-state index contributed by atoms with van der Waals surface area (Å²) in [5, 5.41) is 0. The van der Waals surface area contributed by atoms with E-state index < -0.39 is 23.7 Å². The average molecular weight is 424 g/mol. The topological polar surface area (TPSA) is 72.9 Å². The second-order valence-electron chi connectivity index (χ2n) is 7.74. The zero-order valence-electron chi connectivity index (χ0n) is 15.0. The van der Waals surface area contributed by atoms with Crippen LogP contribution >= 0.6 is 15.9 Å². The van der Waals surface area contributed by atoms with Crippen LogP contribution in [0.25, 0.3) is 0 Å². The Morgan fingerprint density at radius 1 is 1.15 bits per heavy atom. The minimum atomic E-state index is -0.675. The molecule has 0 aromatic heterocycles. The molecule has 1 saturated carbocycles. The van der Waals surface area contributed by atoms with E-state index in [2.05, 4.69) is 15.9 Å². The van der Waals surface area contributed by atoms with Gasteiger partial charge in [-0.1, -0.05) is 28.1 Å². The molecule has 3 rings (SSSR count). The van der Waals surface area contributed by atoms with Gasteiger partial charge in [-0.3, -0.25) is 9.69 Å². The molecule has 0 spiro atoms. The highest BCUT2D eigenvalue weighted by Gasteiger charge is 2.57. The van der Waals surface area contributed by atoms with Crippen LogP contribution in [0.2, 0.25) is 0 Å². The molecule has 1 aromatic rings. The zero-order chi connectivity index (χ0) is 19.1. The summed E-state index contributed by atoms with van der Waals surface area (Å²) in [6, 6.07) is 6.21. The molecule has 3 atom stereocenters. The molecule has 0 N–H and O–H groups in total. The second-order valence-corrected chi connectivity index (χ2v) is 8.66. The van der Waals surface area contributed by atoms with Crippen molar-refractivity contribution in [2.45, 2.75) is 51.3 Å². The van der Waals surface area contributed by atoms with Gasteiger partial charge in [-0.05, 0) is 51.7 Å². The Balaban J connectivity index is 1.59. The van der Waals surface area contributed by atoms with Gasteiger partial charge in [0.1, 0.15) is 11.6 Å². The maximum atomic E-state index is 12.5. The van der Waals surface area contributed by atoms with Crippen molar-refractivity contribution in [2.24, 2.45) is 5.92 Å². The van der Waals surface area contributed by atoms with E-state index in [9.17, 15) is 14.4 Å². The number of hydrogen-bond donors (Lipinski definition) is 0. The van der Waals surface area contributed by atoms with Crippen LogP contribution in [0, 0.1) is 5.92 Å². The number of halogens is 1. The quantitative estimate of drug-likeness (QED) is 0.546. The van der Waals surface area contributed by atoms with Crippen molar-refractivity contribution in [1.82, 2.24) is 4.90 Å². The Labute approximate surface area is 161 Å². The second kappa shape index (κ2) is 7.02. The third-order valence-corrected chi connectivity index (χ3v) is 5.02.